The Morgan fingerprint density at radius 3 is 2.53 bits per heavy atom. The molecule has 1 fully saturated rings. The summed E-state index contributed by atoms with van der Waals surface area (Å²) < 4.78 is 11.0. The van der Waals surface area contributed by atoms with Gasteiger partial charge in [0.25, 0.3) is 0 Å². The molecule has 1 aromatic carbocycles. The molecule has 0 aliphatic heterocycles. The van der Waals surface area contributed by atoms with Gasteiger partial charge in [0.2, 0.25) is 0 Å². The van der Waals surface area contributed by atoms with Crippen molar-refractivity contribution < 1.29 is 9.47 Å². The fourth-order valence-corrected chi connectivity index (χ4v) is 1.99. The van der Waals surface area contributed by atoms with Gasteiger partial charge in [-0.05, 0) is 37.8 Å². The van der Waals surface area contributed by atoms with E-state index in [9.17, 15) is 0 Å². The highest BCUT2D eigenvalue weighted by Gasteiger charge is 2.18. The highest BCUT2D eigenvalue weighted by atomic mass is 16.5. The predicted molar refractivity (Wildman–Crippen MR) is 60.3 cm³/mol. The van der Waals surface area contributed by atoms with Gasteiger partial charge in [-0.25, -0.2) is 0 Å². The van der Waals surface area contributed by atoms with E-state index in [2.05, 4.69) is 0 Å². The standard InChI is InChI=1S/C12H17NO2/c1-14-10-7-4-8-11(12(10)13)15-9-5-2-3-6-9/h4,7-9H,2-3,5-6,13H2,1H3. The smallest absolute Gasteiger partial charge is 0.146 e. The van der Waals surface area contributed by atoms with Gasteiger partial charge in [0, 0.05) is 0 Å². The minimum atomic E-state index is 0.333. The lowest BCUT2D eigenvalue weighted by Crippen LogP contribution is -2.12. The van der Waals surface area contributed by atoms with E-state index < -0.39 is 0 Å². The summed E-state index contributed by atoms with van der Waals surface area (Å²) >= 11 is 0. The van der Waals surface area contributed by atoms with Gasteiger partial charge in [-0.2, -0.15) is 0 Å². The van der Waals surface area contributed by atoms with Crippen molar-refractivity contribution in [1.29, 1.82) is 0 Å². The normalized spacial score (nSPS) is 16.6. The summed E-state index contributed by atoms with van der Waals surface area (Å²) in [6.07, 6.45) is 5.12. The first kappa shape index (κ1) is 10.1. The summed E-state index contributed by atoms with van der Waals surface area (Å²) in [5.41, 5.74) is 6.53. The summed E-state index contributed by atoms with van der Waals surface area (Å²) in [4.78, 5) is 0. The minimum Gasteiger partial charge on any atom is -0.494 e. The molecule has 1 aliphatic rings. The van der Waals surface area contributed by atoms with E-state index in [-0.39, 0.29) is 0 Å². The SMILES string of the molecule is COc1cccc(OC2CCCC2)c1N. The largest absolute Gasteiger partial charge is 0.494 e. The minimum absolute atomic E-state index is 0.333. The van der Waals surface area contributed by atoms with Crippen LogP contribution >= 0.6 is 0 Å². The van der Waals surface area contributed by atoms with Crippen LogP contribution in [0.2, 0.25) is 0 Å². The second kappa shape index (κ2) is 4.43. The van der Waals surface area contributed by atoms with E-state index in [4.69, 9.17) is 15.2 Å². The molecule has 0 saturated heterocycles. The van der Waals surface area contributed by atoms with Gasteiger partial charge < -0.3 is 15.2 Å². The topological polar surface area (TPSA) is 44.5 Å². The molecule has 0 bridgehead atoms. The molecule has 2 N–H and O–H groups in total. The molecule has 0 amide bonds. The zero-order valence-corrected chi connectivity index (χ0v) is 9.03. The molecule has 15 heavy (non-hydrogen) atoms. The first-order chi connectivity index (χ1) is 7.31. The van der Waals surface area contributed by atoms with Crippen LogP contribution in [-0.2, 0) is 0 Å². The number of hydrogen-bond donors (Lipinski definition) is 1. The number of para-hydroxylation sites is 1. The lowest BCUT2D eigenvalue weighted by molar-refractivity contribution is 0.210. The molecule has 2 rings (SSSR count). The summed E-state index contributed by atoms with van der Waals surface area (Å²) in [5.74, 6) is 1.44. The van der Waals surface area contributed by atoms with Crippen molar-refractivity contribution in [2.75, 3.05) is 12.8 Å². The molecule has 0 atom stereocenters. The van der Waals surface area contributed by atoms with Crippen LogP contribution in [-0.4, -0.2) is 13.2 Å². The third-order valence-corrected chi connectivity index (χ3v) is 2.84. The molecule has 0 unspecified atom stereocenters. The number of rotatable bonds is 3. The molecule has 1 aromatic rings. The van der Waals surface area contributed by atoms with E-state index >= 15 is 0 Å². The number of hydrogen-bond acceptors (Lipinski definition) is 3. The van der Waals surface area contributed by atoms with Crippen molar-refractivity contribution in [3.05, 3.63) is 18.2 Å². The number of anilines is 1. The molecule has 0 spiro atoms. The van der Waals surface area contributed by atoms with E-state index in [1.807, 2.05) is 18.2 Å². The third kappa shape index (κ3) is 2.17. The number of methoxy groups -OCH3 is 1. The Balaban J connectivity index is 2.13. The van der Waals surface area contributed by atoms with Crippen molar-refractivity contribution in [2.45, 2.75) is 31.8 Å². The van der Waals surface area contributed by atoms with Gasteiger partial charge in [-0.15, -0.1) is 0 Å². The summed E-state index contributed by atoms with van der Waals surface area (Å²) in [7, 11) is 1.62. The maximum Gasteiger partial charge on any atom is 0.146 e. The lowest BCUT2D eigenvalue weighted by Gasteiger charge is -2.16. The third-order valence-electron chi connectivity index (χ3n) is 2.84. The Bertz CT molecular complexity index is 332. The molecule has 1 aliphatic carbocycles. The molecule has 3 nitrogen and oxygen atoms in total. The van der Waals surface area contributed by atoms with Gasteiger partial charge in [-0.1, -0.05) is 6.07 Å². The summed E-state index contributed by atoms with van der Waals surface area (Å²) in [6, 6.07) is 5.65. The van der Waals surface area contributed by atoms with Crippen LogP contribution in [0.5, 0.6) is 11.5 Å². The van der Waals surface area contributed by atoms with Crippen LogP contribution in [0.3, 0.4) is 0 Å². The second-order valence-electron chi connectivity index (χ2n) is 3.90. The monoisotopic (exact) mass is 207 g/mol. The molecular weight excluding hydrogens is 190 g/mol. The fraction of sp³-hybridized carbons (Fsp3) is 0.500. The highest BCUT2D eigenvalue weighted by Crippen LogP contribution is 2.33. The molecular formula is C12H17NO2. The second-order valence-corrected chi connectivity index (χ2v) is 3.90. The van der Waals surface area contributed by atoms with Crippen molar-refractivity contribution in [1.82, 2.24) is 0 Å². The van der Waals surface area contributed by atoms with Crippen LogP contribution < -0.4 is 15.2 Å². The van der Waals surface area contributed by atoms with Crippen molar-refractivity contribution in [2.24, 2.45) is 0 Å². The van der Waals surface area contributed by atoms with Gasteiger partial charge >= 0.3 is 0 Å². The molecule has 3 heteroatoms. The van der Waals surface area contributed by atoms with Crippen molar-refractivity contribution in [3.8, 4) is 11.5 Å². The first-order valence-corrected chi connectivity index (χ1v) is 5.40. The van der Waals surface area contributed by atoms with E-state index in [1.165, 1.54) is 12.8 Å². The molecule has 0 radical (unpaired) electrons. The number of benzene rings is 1. The predicted octanol–water partition coefficient (Wildman–Crippen LogP) is 2.60. The van der Waals surface area contributed by atoms with Crippen LogP contribution in [0.15, 0.2) is 18.2 Å². The maximum absolute atomic E-state index is 5.92. The Morgan fingerprint density at radius 2 is 1.87 bits per heavy atom. The number of ether oxygens (including phenoxy) is 2. The maximum atomic E-state index is 5.92. The lowest BCUT2D eigenvalue weighted by atomic mass is 10.2. The van der Waals surface area contributed by atoms with E-state index in [0.717, 1.165) is 18.6 Å². The number of nitrogen functional groups attached to an aromatic ring is 1. The van der Waals surface area contributed by atoms with E-state index in [1.54, 1.807) is 7.11 Å². The zero-order valence-electron chi connectivity index (χ0n) is 9.03. The average molecular weight is 207 g/mol. The summed E-state index contributed by atoms with van der Waals surface area (Å²) in [5, 5.41) is 0. The van der Waals surface area contributed by atoms with E-state index in [0.29, 0.717) is 17.5 Å². The fourth-order valence-electron chi connectivity index (χ4n) is 1.99. The van der Waals surface area contributed by atoms with Crippen LogP contribution in [0.4, 0.5) is 5.69 Å². The molecule has 0 heterocycles. The van der Waals surface area contributed by atoms with Gasteiger partial charge in [-0.3, -0.25) is 0 Å². The molecule has 1 saturated carbocycles. The molecule has 82 valence electrons. The van der Waals surface area contributed by atoms with Crippen molar-refractivity contribution >= 4 is 5.69 Å². The van der Waals surface area contributed by atoms with Crippen LogP contribution in [0.25, 0.3) is 0 Å². The van der Waals surface area contributed by atoms with Gasteiger partial charge in [0.1, 0.15) is 17.2 Å². The van der Waals surface area contributed by atoms with Crippen LogP contribution in [0.1, 0.15) is 25.7 Å². The first-order valence-electron chi connectivity index (χ1n) is 5.40. The van der Waals surface area contributed by atoms with Gasteiger partial charge in [0.15, 0.2) is 0 Å². The van der Waals surface area contributed by atoms with Crippen molar-refractivity contribution in [3.63, 3.8) is 0 Å². The Morgan fingerprint density at radius 1 is 1.20 bits per heavy atom. The number of nitrogens with two attached hydrogens (primary N) is 1. The summed E-state index contributed by atoms with van der Waals surface area (Å²) in [6.45, 7) is 0. The zero-order chi connectivity index (χ0) is 10.7. The Kier molecular flexibility index (Phi) is 2.99. The van der Waals surface area contributed by atoms with Crippen LogP contribution in [0, 0.1) is 0 Å². The van der Waals surface area contributed by atoms with Gasteiger partial charge in [0.05, 0.1) is 13.2 Å². The quantitative estimate of drug-likeness (QED) is 0.775. The Hall–Kier alpha value is -1.38. The average Bonchev–Trinajstić information content (AvgIpc) is 2.74. The molecule has 0 aromatic heterocycles. The highest BCUT2D eigenvalue weighted by molar-refractivity contribution is 5.62. The Labute approximate surface area is 90.2 Å².